The summed E-state index contributed by atoms with van der Waals surface area (Å²) < 4.78 is 0. The van der Waals surface area contributed by atoms with Crippen LogP contribution in [0.4, 0.5) is 0 Å². The Morgan fingerprint density at radius 3 is 1.15 bits per heavy atom. The Balaban J connectivity index is 1.20. The predicted molar refractivity (Wildman–Crippen MR) is 200 cm³/mol. The smallest absolute Gasteiger partial charge is 0.0158 e. The molecule has 0 fully saturated rings. The second kappa shape index (κ2) is 10.2. The fourth-order valence-corrected chi connectivity index (χ4v) is 8.89. The summed E-state index contributed by atoms with van der Waals surface area (Å²) in [4.78, 5) is 0. The van der Waals surface area contributed by atoms with Crippen molar-refractivity contribution in [3.63, 3.8) is 0 Å². The Morgan fingerprint density at radius 1 is 0.383 bits per heavy atom. The summed E-state index contributed by atoms with van der Waals surface area (Å²) in [5.41, 5.74) is 21.5. The maximum absolute atomic E-state index is 2.45. The van der Waals surface area contributed by atoms with Crippen molar-refractivity contribution in [3.05, 3.63) is 166 Å². The van der Waals surface area contributed by atoms with E-state index in [1.165, 1.54) is 89.0 Å². The van der Waals surface area contributed by atoms with Crippen molar-refractivity contribution in [2.45, 2.75) is 71.6 Å². The molecule has 2 aliphatic carbocycles. The van der Waals surface area contributed by atoms with Crippen molar-refractivity contribution < 1.29 is 0 Å². The number of rotatable bonds is 4. The van der Waals surface area contributed by atoms with E-state index in [9.17, 15) is 0 Å². The molecule has 0 saturated heterocycles. The Morgan fingerprint density at radius 2 is 0.723 bits per heavy atom. The van der Waals surface area contributed by atoms with Gasteiger partial charge in [0.15, 0.2) is 0 Å². The van der Waals surface area contributed by atoms with Crippen molar-refractivity contribution in [2.24, 2.45) is 0 Å². The average Bonchev–Trinajstić information content (AvgIpc) is 3.44. The van der Waals surface area contributed by atoms with E-state index < -0.39 is 0 Å². The second-order valence-corrected chi connectivity index (χ2v) is 15.5. The van der Waals surface area contributed by atoms with E-state index in [0.29, 0.717) is 0 Å². The molecule has 0 nitrogen and oxygen atoms in total. The van der Waals surface area contributed by atoms with Gasteiger partial charge in [0, 0.05) is 16.2 Å². The first-order valence-electron chi connectivity index (χ1n) is 17.1. The first-order chi connectivity index (χ1) is 22.4. The largest absolute Gasteiger partial charge is 0.0619 e. The van der Waals surface area contributed by atoms with Crippen LogP contribution < -0.4 is 0 Å². The highest BCUT2D eigenvalue weighted by molar-refractivity contribution is 5.86. The third-order valence-electron chi connectivity index (χ3n) is 11.7. The number of hydrogen-bond donors (Lipinski definition) is 0. The van der Waals surface area contributed by atoms with E-state index in [4.69, 9.17) is 0 Å². The zero-order valence-electron chi connectivity index (χ0n) is 29.0. The molecule has 0 N–H and O–H groups in total. The standard InChI is InChI=1S/C47H44/c1-29-17-19-33(31-21-23-41-37(25-31)35-13-9-11-15-39(35)45(41,3)4)27-43(29)47(7,8)44-28-34(20-18-30(44)2)32-22-24-42-38(26-32)36-14-10-12-16-40(36)46(42,5)6/h9-28H,1-8H3. The molecule has 0 unspecified atom stereocenters. The summed E-state index contributed by atoms with van der Waals surface area (Å²) in [6, 6.07) is 46.2. The number of fused-ring (bicyclic) bond motifs is 6. The zero-order chi connectivity index (χ0) is 32.9. The third-order valence-corrected chi connectivity index (χ3v) is 11.7. The summed E-state index contributed by atoms with van der Waals surface area (Å²) in [6.07, 6.45) is 0. The van der Waals surface area contributed by atoms with Gasteiger partial charge in [-0.1, -0.05) is 151 Å². The van der Waals surface area contributed by atoms with E-state index in [1.54, 1.807) is 0 Å². The summed E-state index contributed by atoms with van der Waals surface area (Å²) in [6.45, 7) is 18.7. The average molecular weight is 609 g/mol. The van der Waals surface area contributed by atoms with E-state index in [0.717, 1.165) is 0 Å². The molecular formula is C47H44. The highest BCUT2D eigenvalue weighted by atomic mass is 14.4. The molecule has 6 aromatic carbocycles. The summed E-state index contributed by atoms with van der Waals surface area (Å²) >= 11 is 0. The molecule has 0 atom stereocenters. The van der Waals surface area contributed by atoms with Gasteiger partial charge in [0.1, 0.15) is 0 Å². The highest BCUT2D eigenvalue weighted by Crippen LogP contribution is 2.51. The lowest BCUT2D eigenvalue weighted by Crippen LogP contribution is -2.22. The van der Waals surface area contributed by atoms with E-state index >= 15 is 0 Å². The fourth-order valence-electron chi connectivity index (χ4n) is 8.89. The lowest BCUT2D eigenvalue weighted by Gasteiger charge is -2.31. The van der Waals surface area contributed by atoms with Gasteiger partial charge in [-0.3, -0.25) is 0 Å². The SMILES string of the molecule is Cc1ccc(-c2ccc3c(c2)-c2ccccc2C3(C)C)cc1C(C)(C)c1cc(-c2ccc3c(c2)-c2ccccc2C3(C)C)ccc1C. The van der Waals surface area contributed by atoms with Gasteiger partial charge in [-0.25, -0.2) is 0 Å². The Hall–Kier alpha value is -4.68. The molecule has 0 spiro atoms. The second-order valence-electron chi connectivity index (χ2n) is 15.5. The lowest BCUT2D eigenvalue weighted by atomic mass is 9.73. The molecule has 47 heavy (non-hydrogen) atoms. The number of hydrogen-bond acceptors (Lipinski definition) is 0. The van der Waals surface area contributed by atoms with Crippen LogP contribution in [-0.2, 0) is 16.2 Å². The van der Waals surface area contributed by atoms with E-state index in [-0.39, 0.29) is 16.2 Å². The van der Waals surface area contributed by atoms with Gasteiger partial charge < -0.3 is 0 Å². The molecule has 0 amide bonds. The normalized spacial score (nSPS) is 15.1. The molecule has 0 aliphatic heterocycles. The van der Waals surface area contributed by atoms with Crippen molar-refractivity contribution >= 4 is 0 Å². The maximum atomic E-state index is 2.45. The maximum Gasteiger partial charge on any atom is 0.0158 e. The first-order valence-corrected chi connectivity index (χ1v) is 17.1. The fraction of sp³-hybridized carbons (Fsp3) is 0.234. The molecule has 0 heteroatoms. The Kier molecular flexibility index (Phi) is 6.42. The quantitative estimate of drug-likeness (QED) is 0.187. The molecule has 232 valence electrons. The van der Waals surface area contributed by atoms with E-state index in [2.05, 4.69) is 177 Å². The molecule has 2 aliphatic rings. The van der Waals surface area contributed by atoms with Gasteiger partial charge in [0.2, 0.25) is 0 Å². The number of aryl methyl sites for hydroxylation is 2. The van der Waals surface area contributed by atoms with Crippen LogP contribution >= 0.6 is 0 Å². The molecule has 8 rings (SSSR count). The van der Waals surface area contributed by atoms with Gasteiger partial charge in [-0.15, -0.1) is 0 Å². The summed E-state index contributed by atoms with van der Waals surface area (Å²) in [5, 5.41) is 0. The van der Waals surface area contributed by atoms with Crippen LogP contribution in [0.2, 0.25) is 0 Å². The van der Waals surface area contributed by atoms with Crippen LogP contribution in [0.3, 0.4) is 0 Å². The van der Waals surface area contributed by atoms with Gasteiger partial charge in [0.25, 0.3) is 0 Å². The topological polar surface area (TPSA) is 0 Å². The van der Waals surface area contributed by atoms with Crippen molar-refractivity contribution in [3.8, 4) is 44.5 Å². The minimum absolute atomic E-state index is 0.0197. The highest BCUT2D eigenvalue weighted by Gasteiger charge is 2.36. The van der Waals surface area contributed by atoms with Gasteiger partial charge in [-0.2, -0.15) is 0 Å². The van der Waals surface area contributed by atoms with Crippen LogP contribution in [-0.4, -0.2) is 0 Å². The Bertz CT molecular complexity index is 2080. The van der Waals surface area contributed by atoms with Crippen LogP contribution in [0.1, 0.15) is 86.1 Å². The monoisotopic (exact) mass is 608 g/mol. The number of benzene rings is 6. The summed E-state index contributed by atoms with van der Waals surface area (Å²) in [7, 11) is 0. The molecule has 0 aromatic heterocycles. The molecule has 0 saturated carbocycles. The molecular weight excluding hydrogens is 565 g/mol. The minimum Gasteiger partial charge on any atom is -0.0619 e. The van der Waals surface area contributed by atoms with Gasteiger partial charge >= 0.3 is 0 Å². The first kappa shape index (κ1) is 29.7. The van der Waals surface area contributed by atoms with Crippen LogP contribution in [0.15, 0.2) is 121 Å². The van der Waals surface area contributed by atoms with Gasteiger partial charge in [0.05, 0.1) is 0 Å². The molecule has 0 heterocycles. The van der Waals surface area contributed by atoms with Crippen LogP contribution in [0.5, 0.6) is 0 Å². The lowest BCUT2D eigenvalue weighted by molar-refractivity contribution is 0.632. The summed E-state index contributed by atoms with van der Waals surface area (Å²) in [5.74, 6) is 0. The minimum atomic E-state index is -0.184. The third kappa shape index (κ3) is 4.34. The van der Waals surface area contributed by atoms with Crippen molar-refractivity contribution in [1.29, 1.82) is 0 Å². The van der Waals surface area contributed by atoms with Crippen LogP contribution in [0, 0.1) is 13.8 Å². The zero-order valence-corrected chi connectivity index (χ0v) is 29.0. The predicted octanol–water partition coefficient (Wildman–Crippen LogP) is 12.6. The van der Waals surface area contributed by atoms with Crippen LogP contribution in [0.25, 0.3) is 44.5 Å². The molecule has 0 bridgehead atoms. The Labute approximate surface area is 281 Å². The van der Waals surface area contributed by atoms with Gasteiger partial charge in [-0.05, 0) is 115 Å². The van der Waals surface area contributed by atoms with Crippen molar-refractivity contribution in [1.82, 2.24) is 0 Å². The van der Waals surface area contributed by atoms with Crippen molar-refractivity contribution in [2.75, 3.05) is 0 Å². The molecule has 6 aromatic rings. The molecule has 0 radical (unpaired) electrons. The van der Waals surface area contributed by atoms with E-state index in [1.807, 2.05) is 0 Å².